The quantitative estimate of drug-likeness (QED) is 0.899. The zero-order valence-electron chi connectivity index (χ0n) is 11.0. The number of hydrogen-bond donors (Lipinski definition) is 1. The summed E-state index contributed by atoms with van der Waals surface area (Å²) in [6.45, 7) is 1.53. The molecule has 0 spiro atoms. The molecular formula is C14H18N2O3. The minimum absolute atomic E-state index is 0.0212. The average molecular weight is 262 g/mol. The fourth-order valence-electron chi connectivity index (χ4n) is 2.26. The van der Waals surface area contributed by atoms with Crippen LogP contribution in [0.25, 0.3) is 0 Å². The van der Waals surface area contributed by atoms with E-state index in [9.17, 15) is 9.59 Å². The monoisotopic (exact) mass is 262 g/mol. The maximum Gasteiger partial charge on any atom is 0.320 e. The zero-order valence-corrected chi connectivity index (χ0v) is 11.0. The number of carboxylic acid groups (broad SMARTS) is 1. The number of hydrogen-bond acceptors (Lipinski definition) is 2. The first-order valence-electron chi connectivity index (χ1n) is 6.36. The van der Waals surface area contributed by atoms with Gasteiger partial charge >= 0.3 is 12.0 Å². The molecule has 0 aromatic heterocycles. The van der Waals surface area contributed by atoms with Crippen molar-refractivity contribution in [2.45, 2.75) is 19.4 Å². The molecule has 1 heterocycles. The molecule has 2 amide bonds. The van der Waals surface area contributed by atoms with Gasteiger partial charge in [0.05, 0.1) is 6.42 Å². The van der Waals surface area contributed by atoms with Gasteiger partial charge in [0, 0.05) is 26.7 Å². The third-order valence-electron chi connectivity index (χ3n) is 3.39. The van der Waals surface area contributed by atoms with E-state index >= 15 is 0 Å². The number of carboxylic acids is 1. The summed E-state index contributed by atoms with van der Waals surface area (Å²) in [5.74, 6) is -0.886. The highest BCUT2D eigenvalue weighted by Crippen LogP contribution is 2.19. The molecule has 0 unspecified atom stereocenters. The second-order valence-corrected chi connectivity index (χ2v) is 4.79. The molecule has 102 valence electrons. The maximum absolute atomic E-state index is 12.2. The summed E-state index contributed by atoms with van der Waals surface area (Å²) in [4.78, 5) is 25.9. The van der Waals surface area contributed by atoms with Crippen molar-refractivity contribution in [3.63, 3.8) is 0 Å². The predicted octanol–water partition coefficient (Wildman–Crippen LogP) is 1.57. The van der Waals surface area contributed by atoms with Crippen molar-refractivity contribution in [3.05, 3.63) is 35.4 Å². The Morgan fingerprint density at radius 2 is 2.00 bits per heavy atom. The van der Waals surface area contributed by atoms with Crippen molar-refractivity contribution in [2.24, 2.45) is 0 Å². The molecule has 0 saturated heterocycles. The standard InChI is InChI=1S/C14H18N2O3/c1-15(8-7-13(17)18)14(19)16-9-6-11-4-2-3-5-12(11)10-16/h2-5H,6-10H2,1H3,(H,17,18). The highest BCUT2D eigenvalue weighted by atomic mass is 16.4. The lowest BCUT2D eigenvalue weighted by Crippen LogP contribution is -2.44. The van der Waals surface area contributed by atoms with Crippen LogP contribution in [-0.4, -0.2) is 47.0 Å². The van der Waals surface area contributed by atoms with Crippen LogP contribution in [-0.2, 0) is 17.8 Å². The molecule has 0 radical (unpaired) electrons. The molecule has 5 heteroatoms. The van der Waals surface area contributed by atoms with Crippen molar-refractivity contribution < 1.29 is 14.7 Å². The first-order chi connectivity index (χ1) is 9.08. The van der Waals surface area contributed by atoms with Crippen LogP contribution in [0.5, 0.6) is 0 Å². The topological polar surface area (TPSA) is 60.9 Å². The van der Waals surface area contributed by atoms with Gasteiger partial charge in [-0.3, -0.25) is 4.79 Å². The fraction of sp³-hybridized carbons (Fsp3) is 0.429. The third-order valence-corrected chi connectivity index (χ3v) is 3.39. The first kappa shape index (κ1) is 13.4. The van der Waals surface area contributed by atoms with Gasteiger partial charge in [-0.2, -0.15) is 0 Å². The van der Waals surface area contributed by atoms with Gasteiger partial charge in [-0.05, 0) is 17.5 Å². The van der Waals surface area contributed by atoms with E-state index in [0.717, 1.165) is 6.42 Å². The van der Waals surface area contributed by atoms with Crippen LogP contribution >= 0.6 is 0 Å². The minimum Gasteiger partial charge on any atom is -0.481 e. The summed E-state index contributed by atoms with van der Waals surface area (Å²) in [5, 5.41) is 8.63. The van der Waals surface area contributed by atoms with Gasteiger partial charge in [-0.15, -0.1) is 0 Å². The number of urea groups is 1. The van der Waals surface area contributed by atoms with E-state index in [1.165, 1.54) is 16.0 Å². The van der Waals surface area contributed by atoms with Crippen LogP contribution in [0, 0.1) is 0 Å². The molecule has 0 fully saturated rings. The Labute approximate surface area is 112 Å². The second kappa shape index (κ2) is 5.73. The van der Waals surface area contributed by atoms with Crippen molar-refractivity contribution in [1.82, 2.24) is 9.80 Å². The van der Waals surface area contributed by atoms with Crippen molar-refractivity contribution in [3.8, 4) is 0 Å². The van der Waals surface area contributed by atoms with Crippen LogP contribution < -0.4 is 0 Å². The lowest BCUT2D eigenvalue weighted by atomic mass is 10.0. The van der Waals surface area contributed by atoms with Gasteiger partial charge in [-0.25, -0.2) is 4.79 Å². The third kappa shape index (κ3) is 3.24. The number of aliphatic carboxylic acids is 1. The number of amides is 2. The van der Waals surface area contributed by atoms with Crippen molar-refractivity contribution in [1.29, 1.82) is 0 Å². The van der Waals surface area contributed by atoms with Gasteiger partial charge < -0.3 is 14.9 Å². The Kier molecular flexibility index (Phi) is 4.04. The van der Waals surface area contributed by atoms with Gasteiger partial charge in [0.1, 0.15) is 0 Å². The Balaban J connectivity index is 1.96. The van der Waals surface area contributed by atoms with Gasteiger partial charge in [0.15, 0.2) is 0 Å². The molecule has 5 nitrogen and oxygen atoms in total. The van der Waals surface area contributed by atoms with Crippen LogP contribution in [0.1, 0.15) is 17.5 Å². The molecule has 0 bridgehead atoms. The molecule has 0 atom stereocenters. The molecular weight excluding hydrogens is 244 g/mol. The van der Waals surface area contributed by atoms with Crippen LogP contribution in [0.15, 0.2) is 24.3 Å². The molecule has 1 aromatic rings. The fourth-order valence-corrected chi connectivity index (χ4v) is 2.26. The zero-order chi connectivity index (χ0) is 13.8. The Bertz CT molecular complexity index is 487. The van der Waals surface area contributed by atoms with E-state index in [1.807, 2.05) is 18.2 Å². The Hall–Kier alpha value is -2.04. The lowest BCUT2D eigenvalue weighted by Gasteiger charge is -2.32. The van der Waals surface area contributed by atoms with Crippen LogP contribution in [0.4, 0.5) is 4.79 Å². The first-order valence-corrected chi connectivity index (χ1v) is 6.36. The van der Waals surface area contributed by atoms with E-state index < -0.39 is 5.97 Å². The largest absolute Gasteiger partial charge is 0.481 e. The van der Waals surface area contributed by atoms with E-state index in [4.69, 9.17) is 5.11 Å². The number of benzene rings is 1. The van der Waals surface area contributed by atoms with Gasteiger partial charge in [0.2, 0.25) is 0 Å². The number of carbonyl (C=O) groups excluding carboxylic acids is 1. The number of fused-ring (bicyclic) bond motifs is 1. The van der Waals surface area contributed by atoms with E-state index in [2.05, 4.69) is 6.07 Å². The summed E-state index contributed by atoms with van der Waals surface area (Å²) in [7, 11) is 1.64. The van der Waals surface area contributed by atoms with Gasteiger partial charge in [-0.1, -0.05) is 24.3 Å². The smallest absolute Gasteiger partial charge is 0.320 e. The molecule has 1 aliphatic rings. The Morgan fingerprint density at radius 1 is 1.32 bits per heavy atom. The van der Waals surface area contributed by atoms with Crippen molar-refractivity contribution >= 4 is 12.0 Å². The highest BCUT2D eigenvalue weighted by Gasteiger charge is 2.22. The molecule has 1 aromatic carbocycles. The van der Waals surface area contributed by atoms with E-state index in [1.54, 1.807) is 11.9 Å². The van der Waals surface area contributed by atoms with Crippen LogP contribution in [0.2, 0.25) is 0 Å². The van der Waals surface area contributed by atoms with E-state index in [0.29, 0.717) is 13.1 Å². The number of carbonyl (C=O) groups is 2. The summed E-state index contributed by atoms with van der Waals surface area (Å²) in [6, 6.07) is 8.00. The predicted molar refractivity (Wildman–Crippen MR) is 70.8 cm³/mol. The number of rotatable bonds is 3. The summed E-state index contributed by atoms with van der Waals surface area (Å²) < 4.78 is 0. The highest BCUT2D eigenvalue weighted by molar-refractivity contribution is 5.75. The lowest BCUT2D eigenvalue weighted by molar-refractivity contribution is -0.137. The van der Waals surface area contributed by atoms with Crippen molar-refractivity contribution in [2.75, 3.05) is 20.1 Å². The van der Waals surface area contributed by atoms with Crippen LogP contribution in [0.3, 0.4) is 0 Å². The van der Waals surface area contributed by atoms with Gasteiger partial charge in [0.25, 0.3) is 0 Å². The molecule has 1 aliphatic heterocycles. The molecule has 0 aliphatic carbocycles. The molecule has 0 saturated carbocycles. The second-order valence-electron chi connectivity index (χ2n) is 4.79. The maximum atomic E-state index is 12.2. The Morgan fingerprint density at radius 3 is 2.68 bits per heavy atom. The average Bonchev–Trinajstić information content (AvgIpc) is 2.43. The number of nitrogens with zero attached hydrogens (tertiary/aromatic N) is 2. The summed E-state index contributed by atoms with van der Waals surface area (Å²) in [6.07, 6.45) is 0.835. The summed E-state index contributed by atoms with van der Waals surface area (Å²) >= 11 is 0. The van der Waals surface area contributed by atoms with E-state index in [-0.39, 0.29) is 19.0 Å². The minimum atomic E-state index is -0.886. The SMILES string of the molecule is CN(CCC(=O)O)C(=O)N1CCc2ccccc2C1. The molecule has 2 rings (SSSR count). The molecule has 1 N–H and O–H groups in total. The summed E-state index contributed by atoms with van der Waals surface area (Å²) in [5.41, 5.74) is 2.47. The molecule has 19 heavy (non-hydrogen) atoms. The normalized spacial score (nSPS) is 13.8.